The van der Waals surface area contributed by atoms with Gasteiger partial charge in [0.1, 0.15) is 11.8 Å². The van der Waals surface area contributed by atoms with E-state index in [0.717, 1.165) is 0 Å². The quantitative estimate of drug-likeness (QED) is 0.844. The van der Waals surface area contributed by atoms with Gasteiger partial charge in [0.2, 0.25) is 5.89 Å². The van der Waals surface area contributed by atoms with Crippen molar-refractivity contribution in [3.8, 4) is 5.75 Å². The van der Waals surface area contributed by atoms with E-state index < -0.39 is 11.9 Å². The van der Waals surface area contributed by atoms with Crippen LogP contribution in [0.3, 0.4) is 0 Å². The van der Waals surface area contributed by atoms with Gasteiger partial charge in [0.05, 0.1) is 12.2 Å². The molecule has 0 unspecified atom stereocenters. The number of halogens is 1. The van der Waals surface area contributed by atoms with Crippen LogP contribution in [0, 0.1) is 0 Å². The van der Waals surface area contributed by atoms with E-state index in [0.29, 0.717) is 23.9 Å². The van der Waals surface area contributed by atoms with Gasteiger partial charge in [-0.2, -0.15) is 4.98 Å². The molecule has 0 spiro atoms. The molecule has 0 aliphatic heterocycles. The number of nitrogens with one attached hydrogen (secondary N) is 1. The molecule has 1 aromatic heterocycles. The second-order valence-corrected chi connectivity index (χ2v) is 5.08. The summed E-state index contributed by atoms with van der Waals surface area (Å²) < 4.78 is 10.0. The Morgan fingerprint density at radius 2 is 2.32 bits per heavy atom. The SMILES string of the molecule is COCCc1noc([C@H](C)NC(=O)c2cc(Cl)ccc2O)n1. The summed E-state index contributed by atoms with van der Waals surface area (Å²) in [5.74, 6) is 0.147. The molecule has 0 saturated carbocycles. The number of aromatic hydroxyl groups is 1. The van der Waals surface area contributed by atoms with Crippen LogP contribution in [-0.2, 0) is 11.2 Å². The summed E-state index contributed by atoms with van der Waals surface area (Å²) in [4.78, 5) is 16.3. The van der Waals surface area contributed by atoms with Crippen molar-refractivity contribution >= 4 is 17.5 Å². The summed E-state index contributed by atoms with van der Waals surface area (Å²) >= 11 is 5.82. The van der Waals surface area contributed by atoms with Gasteiger partial charge in [0, 0.05) is 18.6 Å². The number of hydrogen-bond donors (Lipinski definition) is 2. The Kier molecular flexibility index (Phi) is 5.35. The number of ether oxygens (including phenoxy) is 1. The molecule has 1 heterocycles. The highest BCUT2D eigenvalue weighted by molar-refractivity contribution is 6.31. The van der Waals surface area contributed by atoms with Crippen LogP contribution in [0.4, 0.5) is 0 Å². The van der Waals surface area contributed by atoms with Crippen molar-refractivity contribution in [3.63, 3.8) is 0 Å². The number of aromatic nitrogens is 2. The first-order chi connectivity index (χ1) is 10.5. The Bertz CT molecular complexity index is 659. The zero-order chi connectivity index (χ0) is 16.1. The Morgan fingerprint density at radius 3 is 3.05 bits per heavy atom. The third-order valence-electron chi connectivity index (χ3n) is 2.93. The predicted molar refractivity (Wildman–Crippen MR) is 78.9 cm³/mol. The average Bonchev–Trinajstić information content (AvgIpc) is 2.96. The van der Waals surface area contributed by atoms with Crippen molar-refractivity contribution in [2.45, 2.75) is 19.4 Å². The van der Waals surface area contributed by atoms with E-state index in [9.17, 15) is 9.90 Å². The number of phenolic OH excluding ortho intramolecular Hbond substituents is 1. The molecule has 0 aliphatic rings. The van der Waals surface area contributed by atoms with Crippen LogP contribution in [0.2, 0.25) is 5.02 Å². The highest BCUT2D eigenvalue weighted by atomic mass is 35.5. The Morgan fingerprint density at radius 1 is 1.55 bits per heavy atom. The van der Waals surface area contributed by atoms with Gasteiger partial charge in [-0.25, -0.2) is 0 Å². The number of carbonyl (C=O) groups is 1. The molecule has 8 heteroatoms. The topological polar surface area (TPSA) is 97.5 Å². The van der Waals surface area contributed by atoms with Gasteiger partial charge in [-0.1, -0.05) is 16.8 Å². The van der Waals surface area contributed by atoms with Gasteiger partial charge in [0.15, 0.2) is 5.82 Å². The standard InChI is InChI=1S/C14H16ClN3O4/c1-8(14-17-12(18-22-14)5-6-21-2)16-13(20)10-7-9(15)3-4-11(10)19/h3-4,7-8,19H,5-6H2,1-2H3,(H,16,20)/t8-/m0/s1. The van der Waals surface area contributed by atoms with Crippen molar-refractivity contribution < 1.29 is 19.2 Å². The van der Waals surface area contributed by atoms with Gasteiger partial charge in [-0.05, 0) is 25.1 Å². The number of nitrogens with zero attached hydrogens (tertiary/aromatic N) is 2. The summed E-state index contributed by atoms with van der Waals surface area (Å²) in [5.41, 5.74) is 0.0819. The molecule has 0 fully saturated rings. The minimum atomic E-state index is -0.505. The molecule has 22 heavy (non-hydrogen) atoms. The lowest BCUT2D eigenvalue weighted by molar-refractivity contribution is 0.0930. The van der Waals surface area contributed by atoms with Crippen molar-refractivity contribution in [3.05, 3.63) is 40.5 Å². The summed E-state index contributed by atoms with van der Waals surface area (Å²) in [7, 11) is 1.58. The molecular weight excluding hydrogens is 310 g/mol. The van der Waals surface area contributed by atoms with E-state index in [1.165, 1.54) is 18.2 Å². The molecule has 0 bridgehead atoms. The fourth-order valence-corrected chi connectivity index (χ4v) is 1.94. The van der Waals surface area contributed by atoms with Crippen molar-refractivity contribution in [2.75, 3.05) is 13.7 Å². The van der Waals surface area contributed by atoms with E-state index in [2.05, 4.69) is 15.5 Å². The van der Waals surface area contributed by atoms with E-state index in [1.807, 2.05) is 0 Å². The normalized spacial score (nSPS) is 12.1. The van der Waals surface area contributed by atoms with Crippen LogP contribution in [0.1, 0.15) is 35.0 Å². The molecule has 2 aromatic rings. The first-order valence-electron chi connectivity index (χ1n) is 6.62. The molecule has 0 radical (unpaired) electrons. The second kappa shape index (κ2) is 7.24. The van der Waals surface area contributed by atoms with Crippen LogP contribution < -0.4 is 5.32 Å². The van der Waals surface area contributed by atoms with Crippen LogP contribution in [-0.4, -0.2) is 34.9 Å². The number of phenols is 1. The van der Waals surface area contributed by atoms with Crippen LogP contribution in [0.25, 0.3) is 0 Å². The maximum Gasteiger partial charge on any atom is 0.255 e. The zero-order valence-corrected chi connectivity index (χ0v) is 12.9. The maximum absolute atomic E-state index is 12.1. The lowest BCUT2D eigenvalue weighted by Crippen LogP contribution is -2.27. The molecule has 2 rings (SSSR count). The van der Waals surface area contributed by atoms with E-state index >= 15 is 0 Å². The smallest absolute Gasteiger partial charge is 0.255 e. The van der Waals surface area contributed by atoms with Crippen molar-refractivity contribution in [1.82, 2.24) is 15.5 Å². The summed E-state index contributed by atoms with van der Waals surface area (Å²) in [6.45, 7) is 2.18. The van der Waals surface area contributed by atoms with Gasteiger partial charge in [-0.15, -0.1) is 0 Å². The molecule has 0 saturated heterocycles. The number of hydrogen-bond acceptors (Lipinski definition) is 6. The molecule has 118 valence electrons. The molecular formula is C14H16ClN3O4. The zero-order valence-electron chi connectivity index (χ0n) is 12.2. The van der Waals surface area contributed by atoms with Crippen LogP contribution >= 0.6 is 11.6 Å². The lowest BCUT2D eigenvalue weighted by atomic mass is 10.1. The molecule has 1 atom stereocenters. The Labute approximate surface area is 132 Å². The Balaban J connectivity index is 2.04. The van der Waals surface area contributed by atoms with E-state index in [-0.39, 0.29) is 17.2 Å². The monoisotopic (exact) mass is 325 g/mol. The fraction of sp³-hybridized carbons (Fsp3) is 0.357. The number of rotatable bonds is 6. The van der Waals surface area contributed by atoms with Crippen LogP contribution in [0.15, 0.2) is 22.7 Å². The first-order valence-corrected chi connectivity index (χ1v) is 7.00. The minimum absolute atomic E-state index is 0.0819. The van der Waals surface area contributed by atoms with Gasteiger partial charge < -0.3 is 19.7 Å². The maximum atomic E-state index is 12.1. The van der Waals surface area contributed by atoms with Gasteiger partial charge in [0.25, 0.3) is 5.91 Å². The van der Waals surface area contributed by atoms with Crippen molar-refractivity contribution in [1.29, 1.82) is 0 Å². The third kappa shape index (κ3) is 3.96. The van der Waals surface area contributed by atoms with Gasteiger partial charge >= 0.3 is 0 Å². The van der Waals surface area contributed by atoms with Crippen LogP contribution in [0.5, 0.6) is 5.75 Å². The molecule has 0 aliphatic carbocycles. The molecule has 2 N–H and O–H groups in total. The minimum Gasteiger partial charge on any atom is -0.507 e. The highest BCUT2D eigenvalue weighted by Gasteiger charge is 2.19. The van der Waals surface area contributed by atoms with E-state index in [4.69, 9.17) is 20.9 Å². The Hall–Kier alpha value is -2.12. The fourth-order valence-electron chi connectivity index (χ4n) is 1.76. The lowest BCUT2D eigenvalue weighted by Gasteiger charge is -2.10. The van der Waals surface area contributed by atoms with Gasteiger partial charge in [-0.3, -0.25) is 4.79 Å². The predicted octanol–water partition coefficient (Wildman–Crippen LogP) is 2.11. The first kappa shape index (κ1) is 16.3. The molecule has 1 amide bonds. The summed E-state index contributed by atoms with van der Waals surface area (Å²) in [6, 6.07) is 3.74. The highest BCUT2D eigenvalue weighted by Crippen LogP contribution is 2.22. The van der Waals surface area contributed by atoms with E-state index in [1.54, 1.807) is 14.0 Å². The van der Waals surface area contributed by atoms with Crippen molar-refractivity contribution in [2.24, 2.45) is 0 Å². The largest absolute Gasteiger partial charge is 0.507 e. The summed E-state index contributed by atoms with van der Waals surface area (Å²) in [6.07, 6.45) is 0.524. The summed E-state index contributed by atoms with van der Waals surface area (Å²) in [5, 5.41) is 16.5. The number of methoxy groups -OCH3 is 1. The number of benzene rings is 1. The molecule has 1 aromatic carbocycles. The second-order valence-electron chi connectivity index (χ2n) is 4.65. The number of amides is 1. The average molecular weight is 326 g/mol. The third-order valence-corrected chi connectivity index (χ3v) is 3.17. The number of carbonyl (C=O) groups excluding carboxylic acids is 1. The molecule has 7 nitrogen and oxygen atoms in total.